The summed E-state index contributed by atoms with van der Waals surface area (Å²) in [7, 11) is 0. The minimum atomic E-state index is 0.647. The molecule has 25 heavy (non-hydrogen) atoms. The molecule has 4 heteroatoms. The summed E-state index contributed by atoms with van der Waals surface area (Å²) in [4.78, 5) is 3.09. The third kappa shape index (κ3) is 3.08. The quantitative estimate of drug-likeness (QED) is 0.665. The molecule has 0 fully saturated rings. The molecule has 0 aliphatic carbocycles. The van der Waals surface area contributed by atoms with Crippen molar-refractivity contribution in [2.45, 2.75) is 6.92 Å². The molecule has 0 saturated carbocycles. The predicted molar refractivity (Wildman–Crippen MR) is 108 cm³/mol. The highest BCUT2D eigenvalue weighted by atomic mass is 32.1. The van der Waals surface area contributed by atoms with Gasteiger partial charge in [-0.25, -0.2) is 0 Å². The van der Waals surface area contributed by atoms with E-state index in [0.717, 1.165) is 27.6 Å². The van der Waals surface area contributed by atoms with Crippen LogP contribution in [0.25, 0.3) is 0 Å². The summed E-state index contributed by atoms with van der Waals surface area (Å²) >= 11 is 5.74. The Morgan fingerprint density at radius 2 is 1.52 bits per heavy atom. The first-order chi connectivity index (χ1) is 12.2. The molecular weight excluding hydrogens is 326 g/mol. The van der Waals surface area contributed by atoms with Crippen LogP contribution >= 0.6 is 12.2 Å². The van der Waals surface area contributed by atoms with Crippen LogP contribution < -0.4 is 10.3 Å². The number of aryl methyl sites for hydroxylation is 1. The summed E-state index contributed by atoms with van der Waals surface area (Å²) < 4.78 is 0. The van der Waals surface area contributed by atoms with Gasteiger partial charge in [0, 0.05) is 11.3 Å². The number of thiocarbonyl (C=S) groups is 1. The molecule has 4 rings (SSSR count). The van der Waals surface area contributed by atoms with Gasteiger partial charge in [0.15, 0.2) is 0 Å². The second kappa shape index (κ2) is 6.57. The Morgan fingerprint density at radius 1 is 0.840 bits per heavy atom. The summed E-state index contributed by atoms with van der Waals surface area (Å²) in [6.07, 6.45) is 0. The van der Waals surface area contributed by atoms with Crippen molar-refractivity contribution in [1.82, 2.24) is 5.01 Å². The Balaban J connectivity index is 1.72. The second-order valence-corrected chi connectivity index (χ2v) is 6.52. The lowest BCUT2D eigenvalue weighted by Gasteiger charge is -2.40. The lowest BCUT2D eigenvalue weighted by molar-refractivity contribution is 0.505. The zero-order valence-electron chi connectivity index (χ0n) is 14.0. The normalized spacial score (nSPS) is 13.6. The van der Waals surface area contributed by atoms with Crippen molar-refractivity contribution in [2.24, 2.45) is 0 Å². The van der Waals surface area contributed by atoms with E-state index in [0.29, 0.717) is 6.67 Å². The molecule has 3 aromatic carbocycles. The van der Waals surface area contributed by atoms with Crippen LogP contribution in [0.1, 0.15) is 11.1 Å². The molecule has 0 atom stereocenters. The average Bonchev–Trinajstić information content (AvgIpc) is 2.66. The molecular formula is C21H19N3S. The number of hydrazine groups is 1. The fourth-order valence-electron chi connectivity index (χ4n) is 3.02. The molecule has 0 amide bonds. The third-order valence-corrected chi connectivity index (χ3v) is 4.78. The SMILES string of the molecule is Cc1ccc(N2CN(Nc3ccccc3)C(=S)c3ccccc32)cc1. The van der Waals surface area contributed by atoms with Gasteiger partial charge in [0.2, 0.25) is 0 Å². The van der Waals surface area contributed by atoms with Crippen molar-refractivity contribution in [3.63, 3.8) is 0 Å². The number of benzene rings is 3. The highest BCUT2D eigenvalue weighted by Gasteiger charge is 2.27. The van der Waals surface area contributed by atoms with Gasteiger partial charge in [-0.1, -0.05) is 60.2 Å². The molecule has 1 N–H and O–H groups in total. The maximum atomic E-state index is 5.74. The highest BCUT2D eigenvalue weighted by molar-refractivity contribution is 7.80. The lowest BCUT2D eigenvalue weighted by atomic mass is 10.1. The van der Waals surface area contributed by atoms with E-state index >= 15 is 0 Å². The predicted octanol–water partition coefficient (Wildman–Crippen LogP) is 5.11. The standard InChI is InChI=1S/C21H19N3S/c1-16-11-13-18(14-12-16)23-15-24(22-17-7-3-2-4-8-17)21(25)19-9-5-6-10-20(19)23/h2-14,22H,15H2,1H3. The van der Waals surface area contributed by atoms with E-state index in [1.807, 2.05) is 41.4 Å². The number of hydrogen-bond donors (Lipinski definition) is 1. The molecule has 3 aromatic rings. The lowest BCUT2D eigenvalue weighted by Crippen LogP contribution is -2.47. The fraction of sp³-hybridized carbons (Fsp3) is 0.0952. The van der Waals surface area contributed by atoms with E-state index in [-0.39, 0.29) is 0 Å². The van der Waals surface area contributed by atoms with Gasteiger partial charge in [-0.3, -0.25) is 10.4 Å². The largest absolute Gasteiger partial charge is 0.321 e. The van der Waals surface area contributed by atoms with Crippen LogP contribution in [0, 0.1) is 6.92 Å². The molecule has 124 valence electrons. The van der Waals surface area contributed by atoms with Crippen LogP contribution in [0.3, 0.4) is 0 Å². The van der Waals surface area contributed by atoms with Crippen LogP contribution in [0.4, 0.5) is 17.1 Å². The molecule has 1 heterocycles. The van der Waals surface area contributed by atoms with Gasteiger partial charge in [0.25, 0.3) is 0 Å². The summed E-state index contributed by atoms with van der Waals surface area (Å²) in [6, 6.07) is 27.0. The Hall–Kier alpha value is -2.85. The van der Waals surface area contributed by atoms with Gasteiger partial charge in [0.05, 0.1) is 11.4 Å². The monoisotopic (exact) mass is 345 g/mol. The van der Waals surface area contributed by atoms with Crippen LogP contribution in [0.15, 0.2) is 78.9 Å². The maximum absolute atomic E-state index is 5.74. The van der Waals surface area contributed by atoms with E-state index < -0.39 is 0 Å². The summed E-state index contributed by atoms with van der Waals surface area (Å²) in [5.74, 6) is 0. The Morgan fingerprint density at radius 3 is 2.28 bits per heavy atom. The Labute approximate surface area is 153 Å². The first-order valence-corrected chi connectivity index (χ1v) is 8.70. The van der Waals surface area contributed by atoms with Gasteiger partial charge < -0.3 is 4.90 Å². The highest BCUT2D eigenvalue weighted by Crippen LogP contribution is 2.34. The summed E-state index contributed by atoms with van der Waals surface area (Å²) in [5.41, 5.74) is 9.07. The van der Waals surface area contributed by atoms with Gasteiger partial charge in [-0.05, 0) is 43.3 Å². The van der Waals surface area contributed by atoms with E-state index in [9.17, 15) is 0 Å². The molecule has 0 spiro atoms. The van der Waals surface area contributed by atoms with Crippen LogP contribution in [-0.4, -0.2) is 16.7 Å². The minimum absolute atomic E-state index is 0.647. The van der Waals surface area contributed by atoms with Crippen molar-refractivity contribution in [3.8, 4) is 0 Å². The number of hydrogen-bond acceptors (Lipinski definition) is 3. The summed E-state index contributed by atoms with van der Waals surface area (Å²) in [6.45, 7) is 2.75. The average molecular weight is 345 g/mol. The molecule has 0 radical (unpaired) electrons. The second-order valence-electron chi connectivity index (χ2n) is 6.13. The Bertz CT molecular complexity index is 891. The molecule has 0 aromatic heterocycles. The molecule has 0 bridgehead atoms. The minimum Gasteiger partial charge on any atom is -0.321 e. The zero-order valence-corrected chi connectivity index (χ0v) is 14.8. The number of nitrogens with one attached hydrogen (secondary N) is 1. The van der Waals surface area contributed by atoms with Gasteiger partial charge in [-0.15, -0.1) is 0 Å². The topological polar surface area (TPSA) is 18.5 Å². The van der Waals surface area contributed by atoms with Crippen LogP contribution in [0.2, 0.25) is 0 Å². The van der Waals surface area contributed by atoms with Gasteiger partial charge in [-0.2, -0.15) is 0 Å². The molecule has 0 saturated heterocycles. The summed E-state index contributed by atoms with van der Waals surface area (Å²) in [5, 5.41) is 2.02. The van der Waals surface area contributed by atoms with E-state index in [2.05, 4.69) is 59.7 Å². The van der Waals surface area contributed by atoms with Crippen molar-refractivity contribution >= 4 is 34.3 Å². The molecule has 3 nitrogen and oxygen atoms in total. The van der Waals surface area contributed by atoms with Crippen LogP contribution in [-0.2, 0) is 0 Å². The third-order valence-electron chi connectivity index (χ3n) is 4.34. The fourth-order valence-corrected chi connectivity index (χ4v) is 3.29. The number of para-hydroxylation sites is 2. The number of anilines is 3. The molecule has 0 unspecified atom stereocenters. The van der Waals surface area contributed by atoms with Crippen LogP contribution in [0.5, 0.6) is 0 Å². The molecule has 1 aliphatic heterocycles. The van der Waals surface area contributed by atoms with Crippen molar-refractivity contribution in [3.05, 3.63) is 90.0 Å². The molecule has 1 aliphatic rings. The van der Waals surface area contributed by atoms with Crippen molar-refractivity contribution in [1.29, 1.82) is 0 Å². The Kier molecular flexibility index (Phi) is 4.12. The zero-order chi connectivity index (χ0) is 17.2. The van der Waals surface area contributed by atoms with Crippen molar-refractivity contribution < 1.29 is 0 Å². The van der Waals surface area contributed by atoms with Crippen molar-refractivity contribution in [2.75, 3.05) is 17.0 Å². The van der Waals surface area contributed by atoms with E-state index in [1.165, 1.54) is 5.56 Å². The van der Waals surface area contributed by atoms with Gasteiger partial charge in [0.1, 0.15) is 11.7 Å². The first kappa shape index (κ1) is 15.7. The number of rotatable bonds is 3. The number of fused-ring (bicyclic) bond motifs is 1. The number of nitrogens with zero attached hydrogens (tertiary/aromatic N) is 2. The first-order valence-electron chi connectivity index (χ1n) is 8.29. The maximum Gasteiger partial charge on any atom is 0.131 e. The van der Waals surface area contributed by atoms with E-state index in [1.54, 1.807) is 0 Å². The smallest absolute Gasteiger partial charge is 0.131 e. The van der Waals surface area contributed by atoms with E-state index in [4.69, 9.17) is 12.2 Å². The van der Waals surface area contributed by atoms with Gasteiger partial charge >= 0.3 is 0 Å².